The fraction of sp³-hybridized carbons (Fsp3) is 0.750. The van der Waals surface area contributed by atoms with Crippen molar-refractivity contribution in [3.8, 4) is 0 Å². The molecule has 17 heavy (non-hydrogen) atoms. The lowest BCUT2D eigenvalue weighted by molar-refractivity contribution is 0.124. The lowest BCUT2D eigenvalue weighted by Gasteiger charge is -2.29. The third-order valence-corrected chi connectivity index (χ3v) is 5.55. The van der Waals surface area contributed by atoms with Crippen molar-refractivity contribution in [1.29, 1.82) is 0 Å². The van der Waals surface area contributed by atoms with Gasteiger partial charge in [-0.1, -0.05) is 6.92 Å². The Morgan fingerprint density at radius 2 is 2.47 bits per heavy atom. The average Bonchev–Trinajstić information content (AvgIpc) is 2.87. The zero-order valence-corrected chi connectivity index (χ0v) is 12.7. The van der Waals surface area contributed by atoms with Gasteiger partial charge in [0.2, 0.25) is 0 Å². The summed E-state index contributed by atoms with van der Waals surface area (Å²) in [5, 5.41) is 15.0. The molecule has 0 bridgehead atoms. The quantitative estimate of drug-likeness (QED) is 0.924. The van der Waals surface area contributed by atoms with E-state index >= 15 is 0 Å². The van der Waals surface area contributed by atoms with Crippen molar-refractivity contribution in [2.24, 2.45) is 0 Å². The molecule has 2 atom stereocenters. The van der Waals surface area contributed by atoms with Crippen LogP contribution in [-0.2, 0) is 6.54 Å². The molecule has 2 heterocycles. The van der Waals surface area contributed by atoms with E-state index in [0.29, 0.717) is 0 Å². The van der Waals surface area contributed by atoms with Gasteiger partial charge in [0.05, 0.1) is 16.4 Å². The van der Waals surface area contributed by atoms with Crippen molar-refractivity contribution in [1.82, 2.24) is 9.78 Å². The molecule has 0 spiro atoms. The van der Waals surface area contributed by atoms with E-state index in [0.717, 1.165) is 35.3 Å². The predicted molar refractivity (Wildman–Crippen MR) is 75.3 cm³/mol. The van der Waals surface area contributed by atoms with E-state index in [1.54, 1.807) is 6.20 Å². The lowest BCUT2D eigenvalue weighted by Crippen LogP contribution is -2.28. The van der Waals surface area contributed by atoms with E-state index < -0.39 is 6.10 Å². The molecule has 1 aromatic heterocycles. The van der Waals surface area contributed by atoms with E-state index in [1.165, 1.54) is 6.42 Å². The molecule has 2 rings (SSSR count). The van der Waals surface area contributed by atoms with E-state index in [1.807, 2.05) is 16.4 Å². The van der Waals surface area contributed by atoms with Crippen LogP contribution in [0.4, 0.5) is 0 Å². The monoisotopic (exact) mass is 318 g/mol. The summed E-state index contributed by atoms with van der Waals surface area (Å²) in [6.45, 7) is 5.14. The Kier molecular flexibility index (Phi) is 4.21. The molecule has 1 aromatic rings. The Balaban J connectivity index is 2.29. The van der Waals surface area contributed by atoms with Crippen LogP contribution in [0.5, 0.6) is 0 Å². The molecule has 0 aromatic carbocycles. The predicted octanol–water partition coefficient (Wildman–Crippen LogP) is 3.37. The molecule has 1 aliphatic rings. The molecule has 3 nitrogen and oxygen atoms in total. The minimum absolute atomic E-state index is 0.0615. The summed E-state index contributed by atoms with van der Waals surface area (Å²) in [5.74, 6) is 1.15. The van der Waals surface area contributed by atoms with Crippen LogP contribution in [0.25, 0.3) is 0 Å². The van der Waals surface area contributed by atoms with Gasteiger partial charge in [-0.15, -0.1) is 0 Å². The lowest BCUT2D eigenvalue weighted by atomic mass is 9.96. The number of aliphatic hydroxyl groups is 1. The molecular weight excluding hydrogens is 300 g/mol. The number of aromatic nitrogens is 2. The zero-order chi connectivity index (χ0) is 12.5. The molecule has 0 aliphatic carbocycles. The number of nitrogens with zero attached hydrogens (tertiary/aromatic N) is 2. The van der Waals surface area contributed by atoms with Crippen LogP contribution in [0.1, 0.15) is 44.9 Å². The summed E-state index contributed by atoms with van der Waals surface area (Å²) in [5.41, 5.74) is 0.934. The zero-order valence-electron chi connectivity index (χ0n) is 10.3. The van der Waals surface area contributed by atoms with Gasteiger partial charge >= 0.3 is 0 Å². The number of aliphatic hydroxyl groups excluding tert-OH is 1. The maximum absolute atomic E-state index is 10.6. The Bertz CT molecular complexity index is 388. The van der Waals surface area contributed by atoms with Gasteiger partial charge in [0.1, 0.15) is 6.10 Å². The topological polar surface area (TPSA) is 38.0 Å². The van der Waals surface area contributed by atoms with Crippen molar-refractivity contribution >= 4 is 27.7 Å². The van der Waals surface area contributed by atoms with E-state index in [4.69, 9.17) is 0 Å². The van der Waals surface area contributed by atoms with Crippen LogP contribution in [0.3, 0.4) is 0 Å². The third kappa shape index (κ3) is 2.56. The van der Waals surface area contributed by atoms with Gasteiger partial charge < -0.3 is 5.11 Å². The average molecular weight is 319 g/mol. The molecular formula is C12H19BrN2OS. The van der Waals surface area contributed by atoms with Gasteiger partial charge in [0.25, 0.3) is 0 Å². The molecule has 0 amide bonds. The van der Waals surface area contributed by atoms with Crippen LogP contribution < -0.4 is 0 Å². The number of thioether (sulfide) groups is 1. The van der Waals surface area contributed by atoms with Gasteiger partial charge in [0.15, 0.2) is 0 Å². The van der Waals surface area contributed by atoms with Crippen molar-refractivity contribution in [2.45, 2.75) is 50.5 Å². The second-order valence-corrected chi connectivity index (χ2v) is 7.25. The standard InChI is InChI=1S/C12H19BrN2OS/c1-3-6-15-10(9(13)8-14-15)11(16)12(2)5-4-7-17-12/h8,11,16H,3-7H2,1-2H3. The molecule has 5 heteroatoms. The second-order valence-electron chi connectivity index (χ2n) is 4.77. The van der Waals surface area contributed by atoms with Gasteiger partial charge in [0, 0.05) is 11.3 Å². The first kappa shape index (κ1) is 13.4. The minimum atomic E-state index is -0.446. The number of hydrogen-bond donors (Lipinski definition) is 1. The van der Waals surface area contributed by atoms with E-state index in [-0.39, 0.29) is 4.75 Å². The van der Waals surface area contributed by atoms with Crippen molar-refractivity contribution in [3.05, 3.63) is 16.4 Å². The maximum atomic E-state index is 10.6. The van der Waals surface area contributed by atoms with E-state index in [2.05, 4.69) is 34.9 Å². The SMILES string of the molecule is CCCn1ncc(Br)c1C(O)C1(C)CCCS1. The fourth-order valence-electron chi connectivity index (χ4n) is 2.34. The van der Waals surface area contributed by atoms with Gasteiger partial charge in [-0.25, -0.2) is 0 Å². The molecule has 2 unspecified atom stereocenters. The first-order valence-corrected chi connectivity index (χ1v) is 7.89. The molecule has 0 radical (unpaired) electrons. The minimum Gasteiger partial charge on any atom is -0.385 e. The summed E-state index contributed by atoms with van der Waals surface area (Å²) in [4.78, 5) is 0. The van der Waals surface area contributed by atoms with Gasteiger partial charge in [-0.2, -0.15) is 16.9 Å². The van der Waals surface area contributed by atoms with Crippen LogP contribution in [-0.4, -0.2) is 25.4 Å². The number of aryl methyl sites for hydroxylation is 1. The van der Waals surface area contributed by atoms with Crippen LogP contribution in [0, 0.1) is 0 Å². The third-order valence-electron chi connectivity index (χ3n) is 3.36. The molecule has 1 N–H and O–H groups in total. The highest BCUT2D eigenvalue weighted by molar-refractivity contribution is 9.10. The maximum Gasteiger partial charge on any atom is 0.111 e. The number of rotatable bonds is 4. The molecule has 0 saturated carbocycles. The number of halogens is 1. The molecule has 96 valence electrons. The molecule has 1 fully saturated rings. The Morgan fingerprint density at radius 1 is 1.71 bits per heavy atom. The normalized spacial score (nSPS) is 26.4. The summed E-state index contributed by atoms with van der Waals surface area (Å²) in [7, 11) is 0. The highest BCUT2D eigenvalue weighted by Gasteiger charge is 2.40. The Morgan fingerprint density at radius 3 is 3.06 bits per heavy atom. The van der Waals surface area contributed by atoms with Crippen LogP contribution in [0.15, 0.2) is 10.7 Å². The fourth-order valence-corrected chi connectivity index (χ4v) is 4.17. The van der Waals surface area contributed by atoms with Gasteiger partial charge in [-0.05, 0) is 47.9 Å². The summed E-state index contributed by atoms with van der Waals surface area (Å²) in [6, 6.07) is 0. The van der Waals surface area contributed by atoms with Crippen molar-refractivity contribution in [3.63, 3.8) is 0 Å². The van der Waals surface area contributed by atoms with Crippen LogP contribution >= 0.6 is 27.7 Å². The largest absolute Gasteiger partial charge is 0.385 e. The Labute approximate surface area is 115 Å². The Hall–Kier alpha value is -0.0000000000000000555. The highest BCUT2D eigenvalue weighted by atomic mass is 79.9. The molecule has 1 saturated heterocycles. The summed E-state index contributed by atoms with van der Waals surface area (Å²) >= 11 is 5.38. The summed E-state index contributed by atoms with van der Waals surface area (Å²) in [6.07, 6.45) is 4.63. The summed E-state index contributed by atoms with van der Waals surface area (Å²) < 4.78 is 2.79. The second kappa shape index (κ2) is 5.33. The molecule has 1 aliphatic heterocycles. The number of hydrogen-bond acceptors (Lipinski definition) is 3. The van der Waals surface area contributed by atoms with Crippen molar-refractivity contribution in [2.75, 3.05) is 5.75 Å². The van der Waals surface area contributed by atoms with Crippen LogP contribution in [0.2, 0.25) is 0 Å². The van der Waals surface area contributed by atoms with E-state index in [9.17, 15) is 5.11 Å². The first-order chi connectivity index (χ1) is 8.08. The highest BCUT2D eigenvalue weighted by Crippen LogP contribution is 2.47. The van der Waals surface area contributed by atoms with Crippen molar-refractivity contribution < 1.29 is 5.11 Å². The first-order valence-electron chi connectivity index (χ1n) is 6.11. The van der Waals surface area contributed by atoms with Gasteiger partial charge in [-0.3, -0.25) is 4.68 Å². The smallest absolute Gasteiger partial charge is 0.111 e.